The molecule has 1 aliphatic rings. The fourth-order valence-corrected chi connectivity index (χ4v) is 1.98. The van der Waals surface area contributed by atoms with Gasteiger partial charge in [0.2, 0.25) is 0 Å². The summed E-state index contributed by atoms with van der Waals surface area (Å²) in [6, 6.07) is 3.44. The van der Waals surface area contributed by atoms with Crippen molar-refractivity contribution in [3.63, 3.8) is 0 Å². The average molecular weight is 263 g/mol. The fraction of sp³-hybridized carbons (Fsp3) is 0.444. The van der Waals surface area contributed by atoms with Crippen molar-refractivity contribution in [3.05, 3.63) is 28.5 Å². The molecule has 1 aromatic rings. The van der Waals surface area contributed by atoms with E-state index < -0.39 is 11.5 Å². The van der Waals surface area contributed by atoms with Crippen LogP contribution in [0.1, 0.15) is 18.4 Å². The molecule has 0 bridgehead atoms. The molecular formula is C9H9BrF2N2. The van der Waals surface area contributed by atoms with Crippen LogP contribution in [0.2, 0.25) is 0 Å². The van der Waals surface area contributed by atoms with Crippen molar-refractivity contribution in [2.45, 2.75) is 24.3 Å². The third kappa shape index (κ3) is 1.66. The molecule has 0 unspecified atom stereocenters. The summed E-state index contributed by atoms with van der Waals surface area (Å²) < 4.78 is 26.1. The zero-order chi connectivity index (χ0) is 10.4. The quantitative estimate of drug-likeness (QED) is 0.790. The molecule has 2 rings (SSSR count). The molecule has 1 aliphatic carbocycles. The molecule has 0 aliphatic heterocycles. The molecule has 0 saturated heterocycles. The minimum absolute atomic E-state index is 0.288. The van der Waals surface area contributed by atoms with Gasteiger partial charge in [0.25, 0.3) is 5.92 Å². The van der Waals surface area contributed by atoms with E-state index in [1.807, 2.05) is 0 Å². The number of nitrogens with two attached hydrogens (primary N) is 1. The molecule has 1 heterocycles. The highest BCUT2D eigenvalue weighted by Crippen LogP contribution is 2.49. The van der Waals surface area contributed by atoms with Crippen molar-refractivity contribution < 1.29 is 8.78 Å². The Kier molecular flexibility index (Phi) is 2.12. The van der Waals surface area contributed by atoms with Crippen LogP contribution in [0.15, 0.2) is 22.9 Å². The third-order valence-corrected chi connectivity index (χ3v) is 2.92. The molecule has 0 amide bonds. The van der Waals surface area contributed by atoms with Gasteiger partial charge in [-0.25, -0.2) is 13.8 Å². The Balaban J connectivity index is 2.21. The molecule has 0 spiro atoms. The molecule has 76 valence electrons. The highest BCUT2D eigenvalue weighted by atomic mass is 79.9. The largest absolute Gasteiger partial charge is 0.321 e. The topological polar surface area (TPSA) is 38.9 Å². The van der Waals surface area contributed by atoms with Crippen molar-refractivity contribution in [3.8, 4) is 0 Å². The lowest BCUT2D eigenvalue weighted by molar-refractivity contribution is -0.125. The van der Waals surface area contributed by atoms with E-state index in [4.69, 9.17) is 5.73 Å². The van der Waals surface area contributed by atoms with Crippen LogP contribution in [0.4, 0.5) is 8.78 Å². The number of pyridine rings is 1. The second-order valence-electron chi connectivity index (χ2n) is 3.74. The van der Waals surface area contributed by atoms with E-state index in [0.29, 0.717) is 10.2 Å². The molecule has 5 heteroatoms. The average Bonchev–Trinajstić information content (AvgIpc) is 2.01. The van der Waals surface area contributed by atoms with E-state index in [0.717, 1.165) is 0 Å². The lowest BCUT2D eigenvalue weighted by Crippen LogP contribution is -2.55. The summed E-state index contributed by atoms with van der Waals surface area (Å²) in [5.41, 5.74) is 5.60. The Hall–Kier alpha value is -0.550. The summed E-state index contributed by atoms with van der Waals surface area (Å²) >= 11 is 3.17. The molecule has 2 nitrogen and oxygen atoms in total. The van der Waals surface area contributed by atoms with Crippen molar-refractivity contribution in [1.29, 1.82) is 0 Å². The van der Waals surface area contributed by atoms with E-state index in [9.17, 15) is 8.78 Å². The van der Waals surface area contributed by atoms with Gasteiger partial charge in [-0.1, -0.05) is 6.07 Å². The summed E-state index contributed by atoms with van der Waals surface area (Å²) in [7, 11) is 0. The van der Waals surface area contributed by atoms with Crippen molar-refractivity contribution in [1.82, 2.24) is 4.98 Å². The second-order valence-corrected chi connectivity index (χ2v) is 4.55. The van der Waals surface area contributed by atoms with E-state index in [-0.39, 0.29) is 12.8 Å². The Bertz CT molecular complexity index is 342. The normalized spacial score (nSPS) is 22.9. The van der Waals surface area contributed by atoms with Gasteiger partial charge in [0.15, 0.2) is 0 Å². The van der Waals surface area contributed by atoms with Gasteiger partial charge in [0.05, 0.1) is 5.54 Å². The van der Waals surface area contributed by atoms with Crippen LogP contribution in [0, 0.1) is 0 Å². The van der Waals surface area contributed by atoms with Crippen molar-refractivity contribution in [2.24, 2.45) is 5.73 Å². The number of hydrogen-bond acceptors (Lipinski definition) is 2. The summed E-state index contributed by atoms with van der Waals surface area (Å²) in [4.78, 5) is 3.97. The minimum Gasteiger partial charge on any atom is -0.321 e. The first-order valence-electron chi connectivity index (χ1n) is 4.20. The zero-order valence-electron chi connectivity index (χ0n) is 7.30. The summed E-state index contributed by atoms with van der Waals surface area (Å²) in [6.07, 6.45) is 0.964. The van der Waals surface area contributed by atoms with Crippen LogP contribution in [-0.4, -0.2) is 10.9 Å². The van der Waals surface area contributed by atoms with Gasteiger partial charge < -0.3 is 5.73 Å². The predicted molar refractivity (Wildman–Crippen MR) is 52.0 cm³/mol. The van der Waals surface area contributed by atoms with Gasteiger partial charge in [0, 0.05) is 19.0 Å². The molecule has 0 radical (unpaired) electrons. The van der Waals surface area contributed by atoms with E-state index in [1.165, 1.54) is 0 Å². The number of halogens is 3. The van der Waals surface area contributed by atoms with Crippen LogP contribution in [0.3, 0.4) is 0 Å². The maximum Gasteiger partial charge on any atom is 0.252 e. The highest BCUT2D eigenvalue weighted by Gasteiger charge is 2.55. The van der Waals surface area contributed by atoms with Gasteiger partial charge >= 0.3 is 0 Å². The molecule has 1 fully saturated rings. The SMILES string of the molecule is NC1(c2ccc(Br)nc2)CC(F)(F)C1. The third-order valence-electron chi connectivity index (χ3n) is 2.45. The maximum absolute atomic E-state index is 12.7. The number of aromatic nitrogens is 1. The lowest BCUT2D eigenvalue weighted by Gasteiger charge is -2.44. The monoisotopic (exact) mass is 262 g/mol. The molecular weight excluding hydrogens is 254 g/mol. The van der Waals surface area contributed by atoms with Crippen LogP contribution < -0.4 is 5.73 Å². The zero-order valence-corrected chi connectivity index (χ0v) is 8.89. The highest BCUT2D eigenvalue weighted by molar-refractivity contribution is 9.10. The maximum atomic E-state index is 12.7. The smallest absolute Gasteiger partial charge is 0.252 e. The van der Waals surface area contributed by atoms with Crippen molar-refractivity contribution >= 4 is 15.9 Å². The number of rotatable bonds is 1. The Labute approximate surface area is 88.6 Å². The first-order chi connectivity index (χ1) is 6.41. The summed E-state index contributed by atoms with van der Waals surface area (Å²) in [5, 5.41) is 0. The summed E-state index contributed by atoms with van der Waals surface area (Å²) in [5.74, 6) is -2.61. The molecule has 1 saturated carbocycles. The van der Waals surface area contributed by atoms with E-state index >= 15 is 0 Å². The van der Waals surface area contributed by atoms with Gasteiger partial charge in [0.1, 0.15) is 4.60 Å². The number of nitrogens with zero attached hydrogens (tertiary/aromatic N) is 1. The molecule has 1 aromatic heterocycles. The lowest BCUT2D eigenvalue weighted by atomic mass is 9.70. The Morgan fingerprint density at radius 1 is 1.36 bits per heavy atom. The van der Waals surface area contributed by atoms with E-state index in [1.54, 1.807) is 18.3 Å². The molecule has 2 N–H and O–H groups in total. The predicted octanol–water partition coefficient (Wildman–Crippen LogP) is 2.43. The van der Waals surface area contributed by atoms with Gasteiger partial charge in [-0.15, -0.1) is 0 Å². The fourth-order valence-electron chi connectivity index (χ4n) is 1.75. The Morgan fingerprint density at radius 2 is 2.00 bits per heavy atom. The standard InChI is InChI=1S/C9H9BrF2N2/c10-7-2-1-6(3-14-7)8(13)4-9(11,12)5-8/h1-3H,4-5,13H2. The number of hydrogen-bond donors (Lipinski definition) is 1. The minimum atomic E-state index is -2.61. The summed E-state index contributed by atoms with van der Waals surface area (Å²) in [6.45, 7) is 0. The van der Waals surface area contributed by atoms with Gasteiger partial charge in [-0.2, -0.15) is 0 Å². The van der Waals surface area contributed by atoms with Crippen LogP contribution >= 0.6 is 15.9 Å². The molecule has 14 heavy (non-hydrogen) atoms. The van der Waals surface area contributed by atoms with Crippen LogP contribution in [-0.2, 0) is 5.54 Å². The van der Waals surface area contributed by atoms with Crippen molar-refractivity contribution in [2.75, 3.05) is 0 Å². The first kappa shape index (κ1) is 9.98. The Morgan fingerprint density at radius 3 is 2.43 bits per heavy atom. The van der Waals surface area contributed by atoms with Crippen LogP contribution in [0.25, 0.3) is 0 Å². The second kappa shape index (κ2) is 2.97. The number of alkyl halides is 2. The van der Waals surface area contributed by atoms with Gasteiger partial charge in [-0.3, -0.25) is 0 Å². The molecule has 0 aromatic carbocycles. The van der Waals surface area contributed by atoms with E-state index in [2.05, 4.69) is 20.9 Å². The van der Waals surface area contributed by atoms with Gasteiger partial charge in [-0.05, 0) is 27.6 Å². The van der Waals surface area contributed by atoms with Crippen LogP contribution in [0.5, 0.6) is 0 Å². The first-order valence-corrected chi connectivity index (χ1v) is 4.99. The molecule has 0 atom stereocenters.